The molecule has 0 saturated carbocycles. The summed E-state index contributed by atoms with van der Waals surface area (Å²) in [6.45, 7) is 5.64. The Morgan fingerprint density at radius 1 is 0.781 bits per heavy atom. The highest BCUT2D eigenvalue weighted by molar-refractivity contribution is 5.84. The van der Waals surface area contributed by atoms with Crippen LogP contribution < -0.4 is 0 Å². The molecule has 0 aromatic heterocycles. The van der Waals surface area contributed by atoms with Crippen molar-refractivity contribution in [3.8, 4) is 22.3 Å². The van der Waals surface area contributed by atoms with Crippen LogP contribution in [0.15, 0.2) is 72.8 Å². The molecule has 1 atom stereocenters. The van der Waals surface area contributed by atoms with Crippen molar-refractivity contribution in [3.63, 3.8) is 0 Å². The maximum absolute atomic E-state index is 11.4. The van der Waals surface area contributed by atoms with Crippen molar-refractivity contribution in [3.05, 3.63) is 83.9 Å². The van der Waals surface area contributed by atoms with Gasteiger partial charge in [0, 0.05) is 6.92 Å². The van der Waals surface area contributed by atoms with Crippen LogP contribution in [0.4, 0.5) is 0 Å². The smallest absolute Gasteiger partial charge is 0.303 e. The van der Waals surface area contributed by atoms with Gasteiger partial charge < -0.3 is 4.74 Å². The number of hydrogen-bond acceptors (Lipinski definition) is 2. The van der Waals surface area contributed by atoms with Crippen molar-refractivity contribution in [2.75, 3.05) is 0 Å². The number of hydrogen-bond donors (Lipinski definition) is 0. The average molecular weight is 429 g/mol. The van der Waals surface area contributed by atoms with Crippen LogP contribution in [0.2, 0.25) is 0 Å². The van der Waals surface area contributed by atoms with Crippen LogP contribution in [0.1, 0.15) is 76.5 Å². The molecule has 0 aliphatic rings. The standard InChI is InChI=1S/C30H36O2/c1-4-5-6-7-8-10-13-25-16-18-27(19-17-25)30-22-28(23(2)32-24(3)31)20-21-29(30)26-14-11-9-12-15-26/h9,11-12,14-23H,4-8,10,13H2,1-3H3. The molecule has 0 spiro atoms. The molecule has 0 aliphatic heterocycles. The highest BCUT2D eigenvalue weighted by Crippen LogP contribution is 2.35. The van der Waals surface area contributed by atoms with Gasteiger partial charge in [-0.15, -0.1) is 0 Å². The second-order valence-corrected chi connectivity index (χ2v) is 8.64. The van der Waals surface area contributed by atoms with Crippen molar-refractivity contribution in [1.29, 1.82) is 0 Å². The Labute approximate surface area is 193 Å². The van der Waals surface area contributed by atoms with Crippen LogP contribution in [0.25, 0.3) is 22.3 Å². The molecular weight excluding hydrogens is 392 g/mol. The van der Waals surface area contributed by atoms with E-state index in [2.05, 4.69) is 73.7 Å². The number of carbonyl (C=O) groups is 1. The first-order valence-corrected chi connectivity index (χ1v) is 12.0. The van der Waals surface area contributed by atoms with E-state index in [0.29, 0.717) is 0 Å². The first-order valence-electron chi connectivity index (χ1n) is 12.0. The summed E-state index contributed by atoms with van der Waals surface area (Å²) in [7, 11) is 0. The lowest BCUT2D eigenvalue weighted by Crippen LogP contribution is -2.05. The molecule has 2 nitrogen and oxygen atoms in total. The zero-order valence-electron chi connectivity index (χ0n) is 19.8. The third-order valence-electron chi connectivity index (χ3n) is 6.02. The molecule has 3 rings (SSSR count). The van der Waals surface area contributed by atoms with Gasteiger partial charge in [-0.3, -0.25) is 4.79 Å². The summed E-state index contributed by atoms with van der Waals surface area (Å²) in [6.07, 6.45) is 8.80. The van der Waals surface area contributed by atoms with Gasteiger partial charge in [-0.2, -0.15) is 0 Å². The fraction of sp³-hybridized carbons (Fsp3) is 0.367. The molecule has 0 aliphatic carbocycles. The van der Waals surface area contributed by atoms with Crippen LogP contribution in [-0.4, -0.2) is 5.97 Å². The van der Waals surface area contributed by atoms with Gasteiger partial charge in [0.25, 0.3) is 0 Å². The van der Waals surface area contributed by atoms with Crippen molar-refractivity contribution < 1.29 is 9.53 Å². The number of esters is 1. The Kier molecular flexibility index (Phi) is 9.10. The molecule has 0 N–H and O–H groups in total. The molecule has 0 bridgehead atoms. The zero-order valence-corrected chi connectivity index (χ0v) is 19.8. The largest absolute Gasteiger partial charge is 0.458 e. The summed E-state index contributed by atoms with van der Waals surface area (Å²) < 4.78 is 5.43. The van der Waals surface area contributed by atoms with Crippen LogP contribution in [-0.2, 0) is 16.0 Å². The minimum absolute atomic E-state index is 0.259. The van der Waals surface area contributed by atoms with Gasteiger partial charge in [-0.05, 0) is 59.2 Å². The third kappa shape index (κ3) is 6.82. The highest BCUT2D eigenvalue weighted by Gasteiger charge is 2.14. The molecule has 0 saturated heterocycles. The molecule has 3 aromatic carbocycles. The topological polar surface area (TPSA) is 26.3 Å². The predicted molar refractivity (Wildman–Crippen MR) is 135 cm³/mol. The number of unbranched alkanes of at least 4 members (excludes halogenated alkanes) is 5. The summed E-state index contributed by atoms with van der Waals surface area (Å²) in [5.41, 5.74) is 7.13. The van der Waals surface area contributed by atoms with Gasteiger partial charge in [-0.1, -0.05) is 106 Å². The summed E-state index contributed by atoms with van der Waals surface area (Å²) in [5, 5.41) is 0. The van der Waals surface area contributed by atoms with Crippen LogP contribution in [0.5, 0.6) is 0 Å². The number of aryl methyl sites for hydroxylation is 1. The normalized spacial score (nSPS) is 11.8. The van der Waals surface area contributed by atoms with E-state index in [1.165, 1.54) is 73.3 Å². The Bertz CT molecular complexity index is 973. The summed E-state index contributed by atoms with van der Waals surface area (Å²) in [4.78, 5) is 11.4. The van der Waals surface area contributed by atoms with E-state index in [0.717, 1.165) is 12.0 Å². The number of benzene rings is 3. The highest BCUT2D eigenvalue weighted by atomic mass is 16.5. The van der Waals surface area contributed by atoms with E-state index in [1.54, 1.807) is 0 Å². The van der Waals surface area contributed by atoms with Crippen molar-refractivity contribution >= 4 is 5.97 Å². The lowest BCUT2D eigenvalue weighted by molar-refractivity contribution is -0.145. The second kappa shape index (κ2) is 12.2. The molecule has 32 heavy (non-hydrogen) atoms. The Morgan fingerprint density at radius 3 is 2.12 bits per heavy atom. The zero-order chi connectivity index (χ0) is 22.8. The molecule has 0 fully saturated rings. The minimum Gasteiger partial charge on any atom is -0.458 e. The van der Waals surface area contributed by atoms with Gasteiger partial charge in [-0.25, -0.2) is 0 Å². The molecule has 3 aromatic rings. The Morgan fingerprint density at radius 2 is 1.44 bits per heavy atom. The number of ether oxygens (including phenoxy) is 1. The van der Waals surface area contributed by atoms with Gasteiger partial charge in [0.05, 0.1) is 0 Å². The maximum atomic E-state index is 11.4. The van der Waals surface area contributed by atoms with Crippen LogP contribution >= 0.6 is 0 Å². The summed E-state index contributed by atoms with van der Waals surface area (Å²) in [5.74, 6) is -0.259. The summed E-state index contributed by atoms with van der Waals surface area (Å²) in [6, 6.07) is 25.8. The fourth-order valence-corrected chi connectivity index (χ4v) is 4.20. The van der Waals surface area contributed by atoms with Gasteiger partial charge >= 0.3 is 5.97 Å². The first-order chi connectivity index (χ1) is 15.6. The molecule has 0 radical (unpaired) electrons. The first kappa shape index (κ1) is 23.8. The summed E-state index contributed by atoms with van der Waals surface area (Å²) >= 11 is 0. The molecule has 0 amide bonds. The van der Waals surface area contributed by atoms with Gasteiger partial charge in [0.2, 0.25) is 0 Å². The third-order valence-corrected chi connectivity index (χ3v) is 6.02. The monoisotopic (exact) mass is 428 g/mol. The SMILES string of the molecule is CCCCCCCCc1ccc(-c2cc(C(C)OC(C)=O)ccc2-c2ccccc2)cc1. The molecule has 168 valence electrons. The van der Waals surface area contributed by atoms with E-state index in [-0.39, 0.29) is 12.1 Å². The lowest BCUT2D eigenvalue weighted by Gasteiger charge is -2.17. The Balaban J connectivity index is 1.81. The minimum atomic E-state index is -0.275. The van der Waals surface area contributed by atoms with Gasteiger partial charge in [0.1, 0.15) is 6.10 Å². The second-order valence-electron chi connectivity index (χ2n) is 8.64. The quantitative estimate of drug-likeness (QED) is 0.226. The molecule has 1 unspecified atom stereocenters. The fourth-order valence-electron chi connectivity index (χ4n) is 4.20. The van der Waals surface area contributed by atoms with Crippen molar-refractivity contribution in [2.24, 2.45) is 0 Å². The average Bonchev–Trinajstić information content (AvgIpc) is 2.81. The van der Waals surface area contributed by atoms with E-state index < -0.39 is 0 Å². The molecule has 0 heterocycles. The maximum Gasteiger partial charge on any atom is 0.303 e. The molecule has 2 heteroatoms. The van der Waals surface area contributed by atoms with Crippen LogP contribution in [0.3, 0.4) is 0 Å². The van der Waals surface area contributed by atoms with E-state index in [4.69, 9.17) is 4.74 Å². The Hall–Kier alpha value is -2.87. The molecular formula is C30H36O2. The number of rotatable bonds is 11. The van der Waals surface area contributed by atoms with Crippen molar-refractivity contribution in [2.45, 2.75) is 71.8 Å². The van der Waals surface area contributed by atoms with E-state index >= 15 is 0 Å². The van der Waals surface area contributed by atoms with E-state index in [9.17, 15) is 4.79 Å². The van der Waals surface area contributed by atoms with E-state index in [1.807, 2.05) is 13.0 Å². The number of carbonyl (C=O) groups excluding carboxylic acids is 1. The van der Waals surface area contributed by atoms with Crippen molar-refractivity contribution in [1.82, 2.24) is 0 Å². The predicted octanol–water partition coefficient (Wildman–Crippen LogP) is 8.55. The van der Waals surface area contributed by atoms with Gasteiger partial charge in [0.15, 0.2) is 0 Å². The lowest BCUT2D eigenvalue weighted by atomic mass is 9.91. The van der Waals surface area contributed by atoms with Crippen LogP contribution in [0, 0.1) is 0 Å².